The number of hydrogen-bond donors (Lipinski definition) is 2. The van der Waals surface area contributed by atoms with Crippen molar-refractivity contribution in [2.24, 2.45) is 0 Å². The molecule has 0 saturated heterocycles. The van der Waals surface area contributed by atoms with E-state index in [0.29, 0.717) is 5.56 Å². The number of nitrogens with one attached hydrogen (secondary N) is 1. The SMILES string of the molecule is CC(C)(C)OC(=O)N[C@]1(C(=O)O)C[C@H]1c1ccc(C(F)(F)F)cc1. The standard InChI is InChI=1S/C16H18F3NO4/c1-14(2,3)24-13(23)20-15(12(21)22)8-11(15)9-4-6-10(7-5-9)16(17,18)19/h4-7,11H,8H2,1-3H3,(H,20,23)(H,21,22)/t11-,15+/m0/s1. The highest BCUT2D eigenvalue weighted by molar-refractivity contribution is 5.90. The average molecular weight is 345 g/mol. The molecule has 1 aliphatic rings. The molecule has 0 aromatic heterocycles. The Morgan fingerprint density at radius 2 is 1.75 bits per heavy atom. The molecule has 0 radical (unpaired) electrons. The molecule has 2 rings (SSSR count). The fraction of sp³-hybridized carbons (Fsp3) is 0.500. The van der Waals surface area contributed by atoms with Gasteiger partial charge < -0.3 is 15.2 Å². The van der Waals surface area contributed by atoms with Crippen molar-refractivity contribution in [3.8, 4) is 0 Å². The maximum Gasteiger partial charge on any atom is 0.416 e. The Morgan fingerprint density at radius 3 is 2.17 bits per heavy atom. The molecule has 0 unspecified atom stereocenters. The lowest BCUT2D eigenvalue weighted by molar-refractivity contribution is -0.141. The Labute approximate surface area is 136 Å². The minimum absolute atomic E-state index is 0.0902. The number of alkyl halides is 3. The van der Waals surface area contributed by atoms with Gasteiger partial charge in [0.25, 0.3) is 0 Å². The summed E-state index contributed by atoms with van der Waals surface area (Å²) in [5.41, 5.74) is -2.74. The zero-order valence-corrected chi connectivity index (χ0v) is 13.4. The van der Waals surface area contributed by atoms with Gasteiger partial charge in [0.2, 0.25) is 0 Å². The zero-order chi connectivity index (χ0) is 18.3. The van der Waals surface area contributed by atoms with Crippen LogP contribution in [0.1, 0.15) is 44.2 Å². The Bertz CT molecular complexity index is 649. The van der Waals surface area contributed by atoms with E-state index in [2.05, 4.69) is 5.32 Å². The molecule has 0 bridgehead atoms. The van der Waals surface area contributed by atoms with Crippen molar-refractivity contribution in [3.05, 3.63) is 35.4 Å². The molecule has 0 spiro atoms. The second kappa shape index (κ2) is 5.68. The predicted octanol–water partition coefficient (Wildman–Crippen LogP) is 3.54. The number of halogens is 3. The number of carboxylic acid groups (broad SMARTS) is 1. The van der Waals surface area contributed by atoms with Gasteiger partial charge in [0.05, 0.1) is 5.56 Å². The van der Waals surface area contributed by atoms with Gasteiger partial charge >= 0.3 is 18.2 Å². The quantitative estimate of drug-likeness (QED) is 0.879. The molecule has 2 N–H and O–H groups in total. The van der Waals surface area contributed by atoms with Crippen molar-refractivity contribution >= 4 is 12.1 Å². The highest BCUT2D eigenvalue weighted by Gasteiger charge is 2.62. The summed E-state index contributed by atoms with van der Waals surface area (Å²) < 4.78 is 42.8. The zero-order valence-electron chi connectivity index (χ0n) is 13.4. The van der Waals surface area contributed by atoms with Gasteiger partial charge in [-0.05, 0) is 44.9 Å². The normalized spacial score (nSPS) is 23.5. The van der Waals surface area contributed by atoms with Gasteiger partial charge in [-0.2, -0.15) is 13.2 Å². The number of carboxylic acids is 1. The van der Waals surface area contributed by atoms with E-state index in [1.165, 1.54) is 12.1 Å². The van der Waals surface area contributed by atoms with Crippen molar-refractivity contribution in [1.82, 2.24) is 5.32 Å². The number of aliphatic carboxylic acids is 1. The maximum absolute atomic E-state index is 12.6. The van der Waals surface area contributed by atoms with Crippen LogP contribution in [-0.4, -0.2) is 28.3 Å². The van der Waals surface area contributed by atoms with Crippen molar-refractivity contribution in [3.63, 3.8) is 0 Å². The van der Waals surface area contributed by atoms with E-state index in [1.807, 2.05) is 0 Å². The number of carbonyl (C=O) groups is 2. The average Bonchev–Trinajstić information content (AvgIpc) is 3.11. The van der Waals surface area contributed by atoms with Crippen LogP contribution in [0.15, 0.2) is 24.3 Å². The molecule has 1 saturated carbocycles. The van der Waals surface area contributed by atoms with Gasteiger partial charge in [0, 0.05) is 5.92 Å². The summed E-state index contributed by atoms with van der Waals surface area (Å²) in [6.07, 6.45) is -5.24. The first-order chi connectivity index (χ1) is 10.8. The van der Waals surface area contributed by atoms with Gasteiger partial charge in [-0.25, -0.2) is 9.59 Å². The number of ether oxygens (including phenoxy) is 1. The monoisotopic (exact) mass is 345 g/mol. The van der Waals surface area contributed by atoms with Crippen LogP contribution in [0.3, 0.4) is 0 Å². The van der Waals surface area contributed by atoms with Crippen molar-refractivity contribution in [1.29, 1.82) is 0 Å². The minimum Gasteiger partial charge on any atom is -0.479 e. The summed E-state index contributed by atoms with van der Waals surface area (Å²) in [6.45, 7) is 4.92. The third kappa shape index (κ3) is 3.80. The molecule has 8 heteroatoms. The molecular formula is C16H18F3NO4. The maximum atomic E-state index is 12.6. The van der Waals surface area contributed by atoms with Crippen LogP contribution < -0.4 is 5.32 Å². The van der Waals surface area contributed by atoms with Gasteiger partial charge in [-0.15, -0.1) is 0 Å². The Balaban J connectivity index is 2.15. The molecule has 1 fully saturated rings. The summed E-state index contributed by atoms with van der Waals surface area (Å²) in [7, 11) is 0. The number of rotatable bonds is 3. The van der Waals surface area contributed by atoms with Crippen LogP contribution in [0.25, 0.3) is 0 Å². The highest BCUT2D eigenvalue weighted by atomic mass is 19.4. The lowest BCUT2D eigenvalue weighted by Crippen LogP contribution is -2.46. The highest BCUT2D eigenvalue weighted by Crippen LogP contribution is 2.52. The third-order valence-corrected chi connectivity index (χ3v) is 3.71. The lowest BCUT2D eigenvalue weighted by Gasteiger charge is -2.22. The number of carbonyl (C=O) groups excluding carboxylic acids is 1. The second-order valence-corrected chi connectivity index (χ2v) is 6.78. The molecule has 132 valence electrons. The van der Waals surface area contributed by atoms with Crippen molar-refractivity contribution in [2.45, 2.75) is 50.4 Å². The lowest BCUT2D eigenvalue weighted by atomic mass is 10.0. The Morgan fingerprint density at radius 1 is 1.21 bits per heavy atom. The molecule has 0 heterocycles. The van der Waals surface area contributed by atoms with Crippen LogP contribution in [0.5, 0.6) is 0 Å². The number of amides is 1. The first-order valence-corrected chi connectivity index (χ1v) is 7.27. The van der Waals surface area contributed by atoms with E-state index in [1.54, 1.807) is 20.8 Å². The second-order valence-electron chi connectivity index (χ2n) is 6.78. The van der Waals surface area contributed by atoms with E-state index < -0.39 is 40.9 Å². The number of hydrogen-bond acceptors (Lipinski definition) is 3. The fourth-order valence-electron chi connectivity index (χ4n) is 2.48. The van der Waals surface area contributed by atoms with Gasteiger partial charge in [0.15, 0.2) is 0 Å². The van der Waals surface area contributed by atoms with E-state index in [-0.39, 0.29) is 6.42 Å². The molecule has 1 amide bonds. The summed E-state index contributed by atoms with van der Waals surface area (Å²) in [4.78, 5) is 23.4. The summed E-state index contributed by atoms with van der Waals surface area (Å²) in [5.74, 6) is -1.86. The first-order valence-electron chi connectivity index (χ1n) is 7.27. The molecule has 1 aromatic rings. The molecular weight excluding hydrogens is 327 g/mol. The van der Waals surface area contributed by atoms with Crippen LogP contribution in [0.4, 0.5) is 18.0 Å². The van der Waals surface area contributed by atoms with Crippen molar-refractivity contribution < 1.29 is 32.6 Å². The smallest absolute Gasteiger partial charge is 0.416 e. The van der Waals surface area contributed by atoms with Crippen molar-refractivity contribution in [2.75, 3.05) is 0 Å². The van der Waals surface area contributed by atoms with Gasteiger partial charge in [0.1, 0.15) is 11.1 Å². The van der Waals surface area contributed by atoms with E-state index in [0.717, 1.165) is 12.1 Å². The predicted molar refractivity (Wildman–Crippen MR) is 78.5 cm³/mol. The summed E-state index contributed by atoms with van der Waals surface area (Å²) >= 11 is 0. The van der Waals surface area contributed by atoms with Crippen LogP contribution in [-0.2, 0) is 15.7 Å². The van der Waals surface area contributed by atoms with Crippen LogP contribution in [0.2, 0.25) is 0 Å². The fourth-order valence-corrected chi connectivity index (χ4v) is 2.48. The molecule has 1 aromatic carbocycles. The molecule has 2 atom stereocenters. The van der Waals surface area contributed by atoms with E-state index in [4.69, 9.17) is 4.74 Å². The molecule has 0 aliphatic heterocycles. The molecule has 24 heavy (non-hydrogen) atoms. The van der Waals surface area contributed by atoms with Gasteiger partial charge in [-0.1, -0.05) is 12.1 Å². The van der Waals surface area contributed by atoms with E-state index in [9.17, 15) is 27.9 Å². The molecule has 5 nitrogen and oxygen atoms in total. The molecule has 1 aliphatic carbocycles. The minimum atomic E-state index is -4.46. The van der Waals surface area contributed by atoms with Crippen LogP contribution >= 0.6 is 0 Å². The summed E-state index contributed by atoms with van der Waals surface area (Å²) in [6, 6.07) is 4.26. The van der Waals surface area contributed by atoms with Gasteiger partial charge in [-0.3, -0.25) is 0 Å². The van der Waals surface area contributed by atoms with E-state index >= 15 is 0 Å². The largest absolute Gasteiger partial charge is 0.479 e. The number of benzene rings is 1. The summed E-state index contributed by atoms with van der Waals surface area (Å²) in [5, 5.41) is 11.8. The number of alkyl carbamates (subject to hydrolysis) is 1. The Kier molecular flexibility index (Phi) is 4.28. The van der Waals surface area contributed by atoms with Crippen LogP contribution in [0, 0.1) is 0 Å². The third-order valence-electron chi connectivity index (χ3n) is 3.71. The topological polar surface area (TPSA) is 75.6 Å². The first kappa shape index (κ1) is 18.1. The Hall–Kier alpha value is -2.25.